The van der Waals surface area contributed by atoms with E-state index in [1.54, 1.807) is 48.5 Å². The molecule has 1 heterocycles. The fourth-order valence-corrected chi connectivity index (χ4v) is 4.66. The summed E-state index contributed by atoms with van der Waals surface area (Å²) in [6.07, 6.45) is 0. The van der Waals surface area contributed by atoms with E-state index < -0.39 is 10.8 Å². The molecule has 1 unspecified atom stereocenters. The van der Waals surface area contributed by atoms with Crippen molar-refractivity contribution < 1.29 is 23.6 Å². The van der Waals surface area contributed by atoms with Crippen LogP contribution in [0, 0.1) is 0 Å². The Kier molecular flexibility index (Phi) is 4.63. The molecular formula is C22H14O5S. The molecule has 28 heavy (non-hydrogen) atoms. The molecule has 0 bridgehead atoms. The largest absolute Gasteiger partial charge is 0.508 e. The van der Waals surface area contributed by atoms with Crippen molar-refractivity contribution in [2.75, 3.05) is 0 Å². The molecule has 1 atom stereocenters. The lowest BCUT2D eigenvalue weighted by atomic mass is 9.94. The predicted octanol–water partition coefficient (Wildman–Crippen LogP) is 3.80. The Hall–Kier alpha value is -3.51. The van der Waals surface area contributed by atoms with E-state index >= 15 is 0 Å². The smallest absolute Gasteiger partial charge is 0.298 e. The molecule has 3 aromatic carbocycles. The average Bonchev–Trinajstić information content (AvgIpc) is 3.02. The number of carbonyl (C=O) groups is 2. The summed E-state index contributed by atoms with van der Waals surface area (Å²) in [7, 11) is -1.53. The minimum Gasteiger partial charge on any atom is -0.508 e. The molecule has 5 nitrogen and oxygen atoms in total. The molecule has 1 N–H and O–H groups in total. The number of allylic oxidation sites excluding steroid dienone is 1. The van der Waals surface area contributed by atoms with Crippen LogP contribution >= 0.6 is 0 Å². The summed E-state index contributed by atoms with van der Waals surface area (Å²) in [6, 6.07) is 19.6. The molecule has 0 amide bonds. The average molecular weight is 390 g/mol. The van der Waals surface area contributed by atoms with Gasteiger partial charge in [0.25, 0.3) is 6.47 Å². The lowest BCUT2D eigenvalue weighted by Crippen LogP contribution is -2.03. The molecule has 0 fully saturated rings. The summed E-state index contributed by atoms with van der Waals surface area (Å²) in [6.45, 7) is 0.331. The van der Waals surface area contributed by atoms with Gasteiger partial charge in [-0.2, -0.15) is 0 Å². The summed E-state index contributed by atoms with van der Waals surface area (Å²) in [5, 5.41) is 9.49. The molecular weight excluding hydrogens is 376 g/mol. The Morgan fingerprint density at radius 2 is 1.61 bits per heavy atom. The molecule has 1 aliphatic rings. The minimum absolute atomic E-state index is 0.0620. The second kappa shape index (κ2) is 7.25. The van der Waals surface area contributed by atoms with Crippen molar-refractivity contribution in [3.63, 3.8) is 0 Å². The highest BCUT2D eigenvalue weighted by atomic mass is 32.2. The first-order valence-electron chi connectivity index (χ1n) is 8.40. The first kappa shape index (κ1) is 17.9. The molecule has 138 valence electrons. The van der Waals surface area contributed by atoms with Crippen LogP contribution in [0.5, 0.6) is 11.5 Å². The molecule has 0 radical (unpaired) electrons. The van der Waals surface area contributed by atoms with Gasteiger partial charge in [-0.15, -0.1) is 0 Å². The Morgan fingerprint density at radius 3 is 2.29 bits per heavy atom. The van der Waals surface area contributed by atoms with Crippen LogP contribution in [0.1, 0.15) is 21.5 Å². The van der Waals surface area contributed by atoms with E-state index in [4.69, 9.17) is 4.74 Å². The van der Waals surface area contributed by atoms with Crippen molar-refractivity contribution in [1.82, 2.24) is 0 Å². The molecule has 6 heteroatoms. The van der Waals surface area contributed by atoms with Crippen molar-refractivity contribution in [2.45, 2.75) is 4.90 Å². The number of aromatic hydroxyl groups is 1. The molecule has 0 spiro atoms. The fraction of sp³-hybridized carbons (Fsp3) is 0. The number of carbonyl (C=O) groups excluding carboxylic acids is 2. The third kappa shape index (κ3) is 3.04. The van der Waals surface area contributed by atoms with Gasteiger partial charge in [-0.1, -0.05) is 30.3 Å². The zero-order chi connectivity index (χ0) is 19.7. The van der Waals surface area contributed by atoms with Gasteiger partial charge in [0.1, 0.15) is 11.5 Å². The second-order valence-corrected chi connectivity index (χ2v) is 7.47. The third-order valence-corrected chi connectivity index (χ3v) is 5.99. The number of hydrogen-bond donors (Lipinski definition) is 1. The monoisotopic (exact) mass is 390 g/mol. The van der Waals surface area contributed by atoms with E-state index in [0.717, 1.165) is 0 Å². The third-order valence-electron chi connectivity index (χ3n) is 4.43. The van der Waals surface area contributed by atoms with Gasteiger partial charge in [0.15, 0.2) is 5.78 Å². The van der Waals surface area contributed by atoms with Crippen LogP contribution in [-0.4, -0.2) is 21.6 Å². The molecule has 4 rings (SSSR count). The van der Waals surface area contributed by atoms with Gasteiger partial charge in [-0.3, -0.25) is 9.59 Å². The lowest BCUT2D eigenvalue weighted by molar-refractivity contribution is -0.120. The second-order valence-electron chi connectivity index (χ2n) is 6.08. The summed E-state index contributed by atoms with van der Waals surface area (Å²) in [5.74, 6) is 0.139. The number of phenolic OH excluding ortho intramolecular Hbond substituents is 1. The zero-order valence-corrected chi connectivity index (χ0v) is 15.3. The number of rotatable bonds is 5. The lowest BCUT2D eigenvalue weighted by Gasteiger charge is -2.08. The minimum atomic E-state index is -1.53. The number of Topliss-reactive ketones (excluding diaryl/α,β-unsaturated/α-hetero) is 1. The summed E-state index contributed by atoms with van der Waals surface area (Å²) in [5.41, 5.74) is 1.99. The molecule has 1 aliphatic heterocycles. The Balaban J connectivity index is 1.89. The van der Waals surface area contributed by atoms with Gasteiger partial charge >= 0.3 is 0 Å². The van der Waals surface area contributed by atoms with E-state index in [1.165, 1.54) is 24.3 Å². The number of ether oxygens (including phenoxy) is 1. The molecule has 0 saturated carbocycles. The van der Waals surface area contributed by atoms with Gasteiger partial charge in [0, 0.05) is 16.7 Å². The summed E-state index contributed by atoms with van der Waals surface area (Å²) >= 11 is 0. The Bertz CT molecular complexity index is 1130. The highest BCUT2D eigenvalue weighted by Gasteiger charge is 2.33. The van der Waals surface area contributed by atoms with Crippen molar-refractivity contribution in [2.24, 2.45) is 0 Å². The maximum atomic E-state index is 13.3. The van der Waals surface area contributed by atoms with Crippen LogP contribution in [0.3, 0.4) is 0 Å². The van der Waals surface area contributed by atoms with Crippen LogP contribution in [0.2, 0.25) is 0 Å². The first-order chi connectivity index (χ1) is 13.6. The summed E-state index contributed by atoms with van der Waals surface area (Å²) < 4.78 is 18.0. The fourth-order valence-electron chi connectivity index (χ4n) is 3.13. The standard InChI is InChI=1S/C22H14O5S/c23-13-27-17-11-7-15(8-12-17)22-20(18-3-1-2-4-19(18)28(22)26)21(25)14-5-9-16(24)10-6-14/h1-13,24H. The van der Waals surface area contributed by atoms with Gasteiger partial charge in [0.05, 0.1) is 20.6 Å². The highest BCUT2D eigenvalue weighted by molar-refractivity contribution is 7.95. The number of hydrogen-bond acceptors (Lipinski definition) is 5. The highest BCUT2D eigenvalue weighted by Crippen LogP contribution is 2.43. The van der Waals surface area contributed by atoms with Crippen LogP contribution < -0.4 is 4.74 Å². The van der Waals surface area contributed by atoms with Crippen molar-refractivity contribution >= 4 is 33.5 Å². The summed E-state index contributed by atoms with van der Waals surface area (Å²) in [4.78, 5) is 24.8. The van der Waals surface area contributed by atoms with Gasteiger partial charge in [-0.25, -0.2) is 4.21 Å². The Labute approximate surface area is 163 Å². The van der Waals surface area contributed by atoms with E-state index in [0.29, 0.717) is 44.3 Å². The number of benzene rings is 3. The number of phenols is 1. The van der Waals surface area contributed by atoms with Crippen molar-refractivity contribution in [3.05, 3.63) is 89.5 Å². The predicted molar refractivity (Wildman–Crippen MR) is 105 cm³/mol. The van der Waals surface area contributed by atoms with E-state index in [1.807, 2.05) is 0 Å². The normalized spacial score (nSPS) is 15.2. The quantitative estimate of drug-likeness (QED) is 0.529. The molecule has 0 aromatic heterocycles. The van der Waals surface area contributed by atoms with Crippen LogP contribution in [0.15, 0.2) is 77.7 Å². The van der Waals surface area contributed by atoms with Crippen molar-refractivity contribution in [1.29, 1.82) is 0 Å². The zero-order valence-electron chi connectivity index (χ0n) is 14.5. The van der Waals surface area contributed by atoms with Crippen LogP contribution in [-0.2, 0) is 15.6 Å². The van der Waals surface area contributed by atoms with Crippen molar-refractivity contribution in [3.8, 4) is 11.5 Å². The number of fused-ring (bicyclic) bond motifs is 1. The van der Waals surface area contributed by atoms with Gasteiger partial charge in [-0.05, 0) is 48.0 Å². The maximum Gasteiger partial charge on any atom is 0.298 e. The SMILES string of the molecule is O=COc1ccc(C2=C(C(=O)c3ccc(O)cc3)c3ccccc3S2=O)cc1. The molecule has 0 saturated heterocycles. The maximum absolute atomic E-state index is 13.3. The van der Waals surface area contributed by atoms with Gasteiger partial charge < -0.3 is 9.84 Å². The Morgan fingerprint density at radius 1 is 0.929 bits per heavy atom. The van der Waals surface area contributed by atoms with E-state index in [2.05, 4.69) is 0 Å². The molecule has 3 aromatic rings. The molecule has 0 aliphatic carbocycles. The number of ketones is 1. The first-order valence-corrected chi connectivity index (χ1v) is 9.55. The topological polar surface area (TPSA) is 80.7 Å². The van der Waals surface area contributed by atoms with E-state index in [-0.39, 0.29) is 11.5 Å². The van der Waals surface area contributed by atoms with E-state index in [9.17, 15) is 18.9 Å². The van der Waals surface area contributed by atoms with Crippen LogP contribution in [0.4, 0.5) is 0 Å². The van der Waals surface area contributed by atoms with Gasteiger partial charge in [0.2, 0.25) is 0 Å². The van der Waals surface area contributed by atoms with Crippen LogP contribution in [0.25, 0.3) is 10.5 Å².